The van der Waals surface area contributed by atoms with E-state index < -0.39 is 26.7 Å². The number of thioether (sulfide) groups is 1. The molecule has 3 rings (SSSR count). The number of pyridine rings is 1. The summed E-state index contributed by atoms with van der Waals surface area (Å²) in [5.41, 5.74) is 4.67. The number of nitrogens with zero attached hydrogens (tertiary/aromatic N) is 1. The van der Waals surface area contributed by atoms with Crippen LogP contribution in [0.2, 0.25) is 19.6 Å². The van der Waals surface area contributed by atoms with Crippen molar-refractivity contribution in [1.82, 2.24) is 0 Å². The summed E-state index contributed by atoms with van der Waals surface area (Å²) < 4.78 is 45.3. The van der Waals surface area contributed by atoms with Crippen molar-refractivity contribution < 1.29 is 11.4 Å². The van der Waals surface area contributed by atoms with Crippen LogP contribution in [0.25, 0.3) is 22.4 Å². The molecule has 34 heavy (non-hydrogen) atoms. The summed E-state index contributed by atoms with van der Waals surface area (Å²) >= 11 is 1.78. The van der Waals surface area contributed by atoms with Gasteiger partial charge in [0.15, 0.2) is 6.20 Å². The second-order valence-corrected chi connectivity index (χ2v) is 18.3. The van der Waals surface area contributed by atoms with Crippen molar-refractivity contribution in [2.75, 3.05) is 0 Å². The van der Waals surface area contributed by atoms with Gasteiger partial charge in [-0.25, -0.2) is 4.57 Å². The molecule has 3 aromatic rings. The van der Waals surface area contributed by atoms with Crippen molar-refractivity contribution in [3.05, 3.63) is 65.4 Å². The van der Waals surface area contributed by atoms with Crippen molar-refractivity contribution >= 4 is 25.0 Å². The molecule has 0 N–H and O–H groups in total. The predicted molar refractivity (Wildman–Crippen MR) is 155 cm³/mol. The van der Waals surface area contributed by atoms with E-state index >= 15 is 0 Å². The van der Waals surface area contributed by atoms with Crippen LogP contribution in [-0.2, 0) is 13.4 Å². The summed E-state index contributed by atoms with van der Waals surface area (Å²) in [6, 6.07) is 13.9. The number of aryl methyl sites for hydroxylation is 3. The fourth-order valence-corrected chi connectivity index (χ4v) is 6.59. The van der Waals surface area contributed by atoms with Gasteiger partial charge < -0.3 is 0 Å². The second-order valence-electron chi connectivity index (χ2n) is 11.6. The van der Waals surface area contributed by atoms with Gasteiger partial charge in [-0.15, -0.1) is 11.8 Å². The van der Waals surface area contributed by atoms with E-state index in [4.69, 9.17) is 4.11 Å². The Morgan fingerprint density at radius 2 is 1.65 bits per heavy atom. The molecular formula is C31H44NSSi+. The number of rotatable bonds is 6. The molecule has 3 heteroatoms. The van der Waals surface area contributed by atoms with E-state index in [0.29, 0.717) is 16.4 Å². The minimum atomic E-state index is -2.26. The van der Waals surface area contributed by atoms with E-state index in [1.54, 1.807) is 17.8 Å². The van der Waals surface area contributed by atoms with E-state index in [2.05, 4.69) is 56.4 Å². The van der Waals surface area contributed by atoms with Crippen molar-refractivity contribution in [3.63, 3.8) is 0 Å². The maximum atomic E-state index is 9.19. The molecule has 0 radical (unpaired) electrons. The maximum Gasteiger partial charge on any atom is 0.212 e. The topological polar surface area (TPSA) is 3.88 Å². The Kier molecular flexibility index (Phi) is 6.00. The van der Waals surface area contributed by atoms with Crippen molar-refractivity contribution in [3.8, 4) is 22.4 Å². The third kappa shape index (κ3) is 6.43. The lowest BCUT2D eigenvalue weighted by Gasteiger charge is -2.25. The number of hydrogen-bond donors (Lipinski definition) is 0. The summed E-state index contributed by atoms with van der Waals surface area (Å²) in [6.07, 6.45) is 0.556. The van der Waals surface area contributed by atoms with Crippen LogP contribution in [0, 0.1) is 19.2 Å². The molecule has 2 aromatic carbocycles. The fourth-order valence-electron chi connectivity index (χ4n) is 4.23. The molecule has 0 saturated carbocycles. The van der Waals surface area contributed by atoms with Gasteiger partial charge in [-0.05, 0) is 71.6 Å². The van der Waals surface area contributed by atoms with Gasteiger partial charge in [0, 0.05) is 33.8 Å². The molecule has 0 fully saturated rings. The van der Waals surface area contributed by atoms with Crippen LogP contribution in [0.5, 0.6) is 0 Å². The van der Waals surface area contributed by atoms with Gasteiger partial charge in [-0.1, -0.05) is 72.5 Å². The smallest absolute Gasteiger partial charge is 0.201 e. The van der Waals surface area contributed by atoms with Crippen LogP contribution in [0.3, 0.4) is 0 Å². The zero-order valence-electron chi connectivity index (χ0n) is 27.6. The van der Waals surface area contributed by atoms with Gasteiger partial charge >= 0.3 is 0 Å². The number of hydrogen-bond acceptors (Lipinski definition) is 1. The van der Waals surface area contributed by atoms with Crippen molar-refractivity contribution in [2.24, 2.45) is 12.5 Å². The summed E-state index contributed by atoms with van der Waals surface area (Å²) in [6.45, 7) is 16.6. The highest BCUT2D eigenvalue weighted by molar-refractivity contribution is 7.99. The molecule has 1 nitrogen and oxygen atoms in total. The normalized spacial score (nSPS) is 15.4. The van der Waals surface area contributed by atoms with Crippen LogP contribution in [0.4, 0.5) is 0 Å². The monoisotopic (exact) mass is 495 g/mol. The molecule has 0 unspecified atom stereocenters. The lowest BCUT2D eigenvalue weighted by molar-refractivity contribution is -0.659. The Morgan fingerprint density at radius 3 is 2.18 bits per heavy atom. The Bertz CT molecular complexity index is 1350. The molecule has 1 heterocycles. The van der Waals surface area contributed by atoms with E-state index in [1.165, 1.54) is 0 Å². The van der Waals surface area contributed by atoms with Crippen LogP contribution in [-0.4, -0.2) is 13.3 Å². The first-order chi connectivity index (χ1) is 17.6. The quantitative estimate of drug-likeness (QED) is 0.190. The van der Waals surface area contributed by atoms with Gasteiger partial charge in [0.25, 0.3) is 0 Å². The van der Waals surface area contributed by atoms with Gasteiger partial charge in [0.05, 0.1) is 8.07 Å². The van der Waals surface area contributed by atoms with Crippen LogP contribution >= 0.6 is 11.8 Å². The first kappa shape index (κ1) is 20.4. The highest BCUT2D eigenvalue weighted by atomic mass is 32.2. The molecular weight excluding hydrogens is 447 g/mol. The maximum absolute atomic E-state index is 9.19. The van der Waals surface area contributed by atoms with E-state index in [0.717, 1.165) is 38.0 Å². The average molecular weight is 496 g/mol. The number of aromatic nitrogens is 1. The minimum Gasteiger partial charge on any atom is -0.201 e. The highest BCUT2D eigenvalue weighted by Gasteiger charge is 2.28. The van der Waals surface area contributed by atoms with Gasteiger partial charge in [0.1, 0.15) is 7.05 Å². The van der Waals surface area contributed by atoms with E-state index in [9.17, 15) is 2.74 Å². The summed E-state index contributed by atoms with van der Waals surface area (Å²) in [5, 5.41) is 1.56. The van der Waals surface area contributed by atoms with E-state index in [-0.39, 0.29) is 0 Å². The number of benzene rings is 2. The Labute approximate surface area is 221 Å². The van der Waals surface area contributed by atoms with E-state index in [1.807, 2.05) is 59.0 Å². The SMILES string of the molecule is [2H]C([2H])([2H])c1cc(C)c(-c2cc(C([2H])([2H])C(C)(C)C)c([Si](C)(C)C)c[n+]2C)cc1-c1ccc(SC(C)C)cc1. The second kappa shape index (κ2) is 10.0. The third-order valence-electron chi connectivity index (χ3n) is 5.77. The largest absolute Gasteiger partial charge is 0.212 e. The lowest BCUT2D eigenvalue weighted by Crippen LogP contribution is -2.47. The standard InChI is InChI=1S/C31H44NSSi/c1-21(2)33-26-14-12-24(13-15-26)27-18-28(23(4)16-22(27)3)29-17-25(19-31(5,6)7)30(20-32(29)8)34(9,10)11/h12-18,20-21H,19H2,1-11H3/q+1/i3D3,19D2. The molecule has 0 aliphatic rings. The molecule has 0 bridgehead atoms. The lowest BCUT2D eigenvalue weighted by atomic mass is 9.87. The zero-order valence-corrected chi connectivity index (χ0v) is 24.4. The molecule has 0 spiro atoms. The van der Waals surface area contributed by atoms with Crippen molar-refractivity contribution in [2.45, 2.75) is 84.6 Å². The van der Waals surface area contributed by atoms with Gasteiger partial charge in [-0.2, -0.15) is 0 Å². The molecule has 0 aliphatic carbocycles. The van der Waals surface area contributed by atoms with Crippen LogP contribution in [0.1, 0.15) is 58.2 Å². The predicted octanol–water partition coefficient (Wildman–Crippen LogP) is 8.10. The minimum absolute atomic E-state index is 0.333. The zero-order chi connectivity index (χ0) is 29.7. The first-order valence-electron chi connectivity index (χ1n) is 14.6. The van der Waals surface area contributed by atoms with Gasteiger partial charge in [0.2, 0.25) is 5.69 Å². The summed E-state index contributed by atoms with van der Waals surface area (Å²) in [7, 11) is 0.117. The van der Waals surface area contributed by atoms with Crippen LogP contribution < -0.4 is 9.75 Å². The Balaban J connectivity index is 2.34. The van der Waals surface area contributed by atoms with Crippen molar-refractivity contribution in [1.29, 1.82) is 0 Å². The fraction of sp³-hybridized carbons (Fsp3) is 0.452. The molecule has 1 aromatic heterocycles. The molecule has 0 amide bonds. The average Bonchev–Trinajstić information content (AvgIpc) is 2.77. The Morgan fingerprint density at radius 1 is 1.00 bits per heavy atom. The molecule has 0 atom stereocenters. The Hall–Kier alpha value is -1.84. The molecule has 0 saturated heterocycles. The third-order valence-corrected chi connectivity index (χ3v) is 8.80. The summed E-state index contributed by atoms with van der Waals surface area (Å²) in [4.78, 5) is 1.15. The van der Waals surface area contributed by atoms with Crippen LogP contribution in [0.15, 0.2) is 53.6 Å². The van der Waals surface area contributed by atoms with Gasteiger partial charge in [-0.3, -0.25) is 0 Å². The molecule has 0 aliphatic heterocycles. The molecule has 182 valence electrons. The first-order valence-corrected chi connectivity index (χ1v) is 16.5. The summed E-state index contributed by atoms with van der Waals surface area (Å²) in [5.74, 6) is 0. The highest BCUT2D eigenvalue weighted by Crippen LogP contribution is 2.33.